The third-order valence-electron chi connectivity index (χ3n) is 4.04. The summed E-state index contributed by atoms with van der Waals surface area (Å²) in [6.45, 7) is 6.09. The highest BCUT2D eigenvalue weighted by Crippen LogP contribution is 2.38. The maximum Gasteiger partial charge on any atom is 0.266 e. The molecule has 1 aliphatic heterocycles. The molecule has 26 heavy (non-hydrogen) atoms. The van der Waals surface area contributed by atoms with E-state index in [0.29, 0.717) is 15.8 Å². The van der Waals surface area contributed by atoms with Crippen molar-refractivity contribution < 1.29 is 9.53 Å². The molecule has 3 rings (SSSR count). The van der Waals surface area contributed by atoms with Gasteiger partial charge in [0.15, 0.2) is 0 Å². The Bertz CT molecular complexity index is 844. The van der Waals surface area contributed by atoms with Crippen molar-refractivity contribution in [2.24, 2.45) is 0 Å². The first-order valence-electron chi connectivity index (χ1n) is 8.26. The number of amides is 1. The minimum Gasteiger partial charge on any atom is -0.490 e. The van der Waals surface area contributed by atoms with Gasteiger partial charge in [-0.3, -0.25) is 9.69 Å². The quantitative estimate of drug-likeness (QED) is 0.390. The predicted octanol–water partition coefficient (Wildman–Crippen LogP) is 5.21. The molecule has 5 heteroatoms. The van der Waals surface area contributed by atoms with Crippen LogP contribution in [0.5, 0.6) is 5.75 Å². The predicted molar refractivity (Wildman–Crippen MR) is 112 cm³/mol. The van der Waals surface area contributed by atoms with Crippen LogP contribution in [0.2, 0.25) is 0 Å². The van der Waals surface area contributed by atoms with E-state index in [2.05, 4.69) is 6.58 Å². The lowest BCUT2D eigenvalue weighted by Gasteiger charge is -2.23. The van der Waals surface area contributed by atoms with Crippen molar-refractivity contribution >= 4 is 40.3 Å². The molecule has 0 N–H and O–H groups in total. The topological polar surface area (TPSA) is 29.5 Å². The van der Waals surface area contributed by atoms with E-state index >= 15 is 0 Å². The molecular weight excluding hydrogens is 362 g/mol. The minimum absolute atomic E-state index is 0.0525. The molecule has 0 saturated carbocycles. The Balaban J connectivity index is 1.77. The summed E-state index contributed by atoms with van der Waals surface area (Å²) in [6, 6.07) is 17.4. The lowest BCUT2D eigenvalue weighted by Crippen LogP contribution is -2.30. The molecule has 0 radical (unpaired) electrons. The van der Waals surface area contributed by atoms with Crippen molar-refractivity contribution in [1.82, 2.24) is 4.90 Å². The van der Waals surface area contributed by atoms with Crippen molar-refractivity contribution in [3.8, 4) is 5.75 Å². The molecular formula is C21H19NO2S2. The van der Waals surface area contributed by atoms with Gasteiger partial charge in [-0.15, -0.1) is 0 Å². The summed E-state index contributed by atoms with van der Waals surface area (Å²) in [4.78, 5) is 15.2. The molecule has 0 unspecified atom stereocenters. The molecule has 1 aliphatic rings. The van der Waals surface area contributed by atoms with Crippen LogP contribution in [0.15, 0.2) is 72.2 Å². The Kier molecular flexibility index (Phi) is 5.91. The molecule has 2 aromatic carbocycles. The number of hydrogen-bond donors (Lipinski definition) is 0. The van der Waals surface area contributed by atoms with Crippen LogP contribution in [0.3, 0.4) is 0 Å². The summed E-state index contributed by atoms with van der Waals surface area (Å²) in [6.07, 6.45) is 3.57. The van der Waals surface area contributed by atoms with E-state index in [1.165, 1.54) is 11.8 Å². The summed E-state index contributed by atoms with van der Waals surface area (Å²) in [5, 5.41) is 0. The fourth-order valence-electron chi connectivity index (χ4n) is 2.66. The van der Waals surface area contributed by atoms with Gasteiger partial charge in [0, 0.05) is 0 Å². The molecule has 2 aromatic rings. The summed E-state index contributed by atoms with van der Waals surface area (Å²) in [5.41, 5.74) is 2.00. The first-order chi connectivity index (χ1) is 12.6. The van der Waals surface area contributed by atoms with E-state index in [1.807, 2.05) is 67.6 Å². The lowest BCUT2D eigenvalue weighted by molar-refractivity contribution is -0.123. The second-order valence-corrected chi connectivity index (χ2v) is 7.48. The van der Waals surface area contributed by atoms with Crippen LogP contribution in [-0.2, 0) is 4.79 Å². The van der Waals surface area contributed by atoms with Crippen LogP contribution in [0, 0.1) is 0 Å². The van der Waals surface area contributed by atoms with Gasteiger partial charge in [-0.25, -0.2) is 0 Å². The van der Waals surface area contributed by atoms with E-state index in [1.54, 1.807) is 11.0 Å². The average molecular weight is 382 g/mol. The number of nitrogens with zero attached hydrogens (tertiary/aromatic N) is 1. The fourth-order valence-corrected chi connectivity index (χ4v) is 4.08. The SMILES string of the molecule is C=CCOc1ccc(/C=C2/SC(=S)N([C@@H](C)c3ccccc3)C2=O)cc1. The largest absolute Gasteiger partial charge is 0.490 e. The molecule has 1 heterocycles. The van der Waals surface area contributed by atoms with Crippen LogP contribution in [0.4, 0.5) is 0 Å². The molecule has 1 saturated heterocycles. The van der Waals surface area contributed by atoms with E-state index in [0.717, 1.165) is 16.9 Å². The van der Waals surface area contributed by atoms with Crippen molar-refractivity contribution in [1.29, 1.82) is 0 Å². The second kappa shape index (κ2) is 8.34. The highest BCUT2D eigenvalue weighted by molar-refractivity contribution is 8.26. The number of ether oxygens (including phenoxy) is 1. The molecule has 0 aromatic heterocycles. The average Bonchev–Trinajstić information content (AvgIpc) is 2.94. The van der Waals surface area contributed by atoms with Gasteiger partial charge >= 0.3 is 0 Å². The minimum atomic E-state index is -0.0933. The first kappa shape index (κ1) is 18.4. The highest BCUT2D eigenvalue weighted by atomic mass is 32.2. The van der Waals surface area contributed by atoms with Crippen molar-refractivity contribution in [3.63, 3.8) is 0 Å². The number of hydrogen-bond acceptors (Lipinski definition) is 4. The van der Waals surface area contributed by atoms with Crippen LogP contribution in [0.1, 0.15) is 24.1 Å². The number of rotatable bonds is 6. The summed E-state index contributed by atoms with van der Waals surface area (Å²) in [7, 11) is 0. The summed E-state index contributed by atoms with van der Waals surface area (Å²) < 4.78 is 6.06. The first-order valence-corrected chi connectivity index (χ1v) is 9.48. The number of benzene rings is 2. The van der Waals surface area contributed by atoms with E-state index in [-0.39, 0.29) is 11.9 Å². The van der Waals surface area contributed by atoms with Crippen LogP contribution < -0.4 is 4.74 Å². The number of thiocarbonyl (C=S) groups is 1. The zero-order valence-corrected chi connectivity index (χ0v) is 16.1. The Morgan fingerprint density at radius 1 is 1.19 bits per heavy atom. The zero-order chi connectivity index (χ0) is 18.5. The van der Waals surface area contributed by atoms with Gasteiger partial charge < -0.3 is 4.74 Å². The maximum absolute atomic E-state index is 12.9. The van der Waals surface area contributed by atoms with Gasteiger partial charge in [-0.2, -0.15) is 0 Å². The highest BCUT2D eigenvalue weighted by Gasteiger charge is 2.35. The fraction of sp³-hybridized carbons (Fsp3) is 0.143. The Morgan fingerprint density at radius 3 is 2.54 bits per heavy atom. The monoisotopic (exact) mass is 381 g/mol. The van der Waals surface area contributed by atoms with E-state index in [4.69, 9.17) is 17.0 Å². The van der Waals surface area contributed by atoms with Gasteiger partial charge in [-0.05, 0) is 36.3 Å². The Morgan fingerprint density at radius 2 is 1.88 bits per heavy atom. The smallest absolute Gasteiger partial charge is 0.266 e. The van der Waals surface area contributed by atoms with Gasteiger partial charge in [0.2, 0.25) is 0 Å². The number of carbonyl (C=O) groups excluding carboxylic acids is 1. The van der Waals surface area contributed by atoms with Crippen molar-refractivity contribution in [2.75, 3.05) is 6.61 Å². The second-order valence-electron chi connectivity index (χ2n) is 5.81. The molecule has 132 valence electrons. The normalized spacial score (nSPS) is 16.8. The Labute approximate surface area is 163 Å². The molecule has 1 fully saturated rings. The van der Waals surface area contributed by atoms with Gasteiger partial charge in [0.1, 0.15) is 16.7 Å². The number of carbonyl (C=O) groups is 1. The maximum atomic E-state index is 12.9. The third kappa shape index (κ3) is 4.06. The van der Waals surface area contributed by atoms with E-state index < -0.39 is 0 Å². The molecule has 3 nitrogen and oxygen atoms in total. The van der Waals surface area contributed by atoms with Crippen LogP contribution in [0.25, 0.3) is 6.08 Å². The summed E-state index contributed by atoms with van der Waals surface area (Å²) >= 11 is 6.80. The Hall–Kier alpha value is -2.37. The zero-order valence-electron chi connectivity index (χ0n) is 14.4. The van der Waals surface area contributed by atoms with Gasteiger partial charge in [-0.1, -0.05) is 79.1 Å². The summed E-state index contributed by atoms with van der Waals surface area (Å²) in [5.74, 6) is 0.718. The molecule has 0 aliphatic carbocycles. The molecule has 0 spiro atoms. The third-order valence-corrected chi connectivity index (χ3v) is 5.37. The number of thioether (sulfide) groups is 1. The van der Waals surface area contributed by atoms with Crippen molar-refractivity contribution in [2.45, 2.75) is 13.0 Å². The molecule has 1 atom stereocenters. The van der Waals surface area contributed by atoms with Crippen LogP contribution >= 0.6 is 24.0 Å². The van der Waals surface area contributed by atoms with Gasteiger partial charge in [0.05, 0.1) is 10.9 Å². The standard InChI is InChI=1S/C21H19NO2S2/c1-3-13-24-18-11-9-16(10-12-18)14-19-20(23)22(21(25)26-19)15(2)17-7-5-4-6-8-17/h3-12,14-15H,1,13H2,2H3/b19-14+/t15-/m0/s1. The van der Waals surface area contributed by atoms with Crippen molar-refractivity contribution in [3.05, 3.63) is 83.3 Å². The lowest BCUT2D eigenvalue weighted by atomic mass is 10.1. The molecule has 1 amide bonds. The van der Waals surface area contributed by atoms with Gasteiger partial charge in [0.25, 0.3) is 5.91 Å². The molecule has 0 bridgehead atoms. The van der Waals surface area contributed by atoms with E-state index in [9.17, 15) is 4.79 Å². The van der Waals surface area contributed by atoms with Crippen LogP contribution in [-0.4, -0.2) is 21.7 Å².